The van der Waals surface area contributed by atoms with Gasteiger partial charge in [0.05, 0.1) is 4.47 Å². The first-order valence-corrected chi connectivity index (χ1v) is 11.3. The molecule has 0 aliphatic heterocycles. The van der Waals surface area contributed by atoms with E-state index in [-0.39, 0.29) is 24.5 Å². The lowest BCUT2D eigenvalue weighted by molar-refractivity contribution is -0.118. The van der Waals surface area contributed by atoms with Crippen LogP contribution < -0.4 is 15.4 Å². The van der Waals surface area contributed by atoms with Gasteiger partial charge in [-0.05, 0) is 77.7 Å². The van der Waals surface area contributed by atoms with E-state index in [0.29, 0.717) is 17.0 Å². The summed E-state index contributed by atoms with van der Waals surface area (Å²) < 4.78 is 7.38. The minimum absolute atomic E-state index is 0.0614. The Morgan fingerprint density at radius 1 is 1.07 bits per heavy atom. The number of aryl methyl sites for hydroxylation is 1. The molecule has 0 unspecified atom stereocenters. The fourth-order valence-electron chi connectivity index (χ4n) is 3.43. The molecule has 1 saturated carbocycles. The minimum atomic E-state index is -0.265. The van der Waals surface area contributed by atoms with Crippen molar-refractivity contribution in [2.75, 3.05) is 11.9 Å². The molecule has 0 spiro atoms. The standard InChI is InChI=1S/C22H24Br2N2O3/c1-14-11-16(23)12-19(24)21(14)29-13-20(27)25-18-9-7-15(8-10-18)22(28)26-17-5-3-2-4-6-17/h7-12,17H,2-6,13H2,1H3,(H,25,27)(H,26,28). The molecular weight excluding hydrogens is 500 g/mol. The number of ether oxygens (including phenoxy) is 1. The molecule has 0 bridgehead atoms. The number of rotatable bonds is 6. The molecule has 0 heterocycles. The normalized spacial score (nSPS) is 14.3. The maximum absolute atomic E-state index is 12.4. The second kappa shape index (κ2) is 10.3. The van der Waals surface area contributed by atoms with Gasteiger partial charge in [-0.1, -0.05) is 35.2 Å². The number of anilines is 1. The van der Waals surface area contributed by atoms with E-state index in [0.717, 1.165) is 27.4 Å². The quantitative estimate of drug-likeness (QED) is 0.517. The average molecular weight is 524 g/mol. The Morgan fingerprint density at radius 3 is 2.41 bits per heavy atom. The van der Waals surface area contributed by atoms with E-state index >= 15 is 0 Å². The zero-order valence-corrected chi connectivity index (χ0v) is 19.4. The highest BCUT2D eigenvalue weighted by atomic mass is 79.9. The lowest BCUT2D eigenvalue weighted by Crippen LogP contribution is -2.36. The summed E-state index contributed by atoms with van der Waals surface area (Å²) in [5, 5.41) is 5.88. The maximum atomic E-state index is 12.4. The first-order chi connectivity index (χ1) is 13.9. The van der Waals surface area contributed by atoms with Crippen molar-refractivity contribution in [3.63, 3.8) is 0 Å². The van der Waals surface area contributed by atoms with Crippen LogP contribution in [0.15, 0.2) is 45.3 Å². The maximum Gasteiger partial charge on any atom is 0.262 e. The summed E-state index contributed by atoms with van der Waals surface area (Å²) in [7, 11) is 0. The highest BCUT2D eigenvalue weighted by molar-refractivity contribution is 9.11. The van der Waals surface area contributed by atoms with Crippen LogP contribution in [0.2, 0.25) is 0 Å². The first-order valence-electron chi connectivity index (χ1n) is 9.71. The second-order valence-electron chi connectivity index (χ2n) is 7.26. The van der Waals surface area contributed by atoms with Crippen molar-refractivity contribution in [2.45, 2.75) is 45.1 Å². The molecule has 0 saturated heterocycles. The van der Waals surface area contributed by atoms with Gasteiger partial charge in [0, 0.05) is 21.8 Å². The Balaban J connectivity index is 1.51. The summed E-state index contributed by atoms with van der Waals surface area (Å²) in [6.45, 7) is 1.81. The van der Waals surface area contributed by atoms with E-state index in [1.165, 1.54) is 19.3 Å². The van der Waals surface area contributed by atoms with Crippen LogP contribution in [0.1, 0.15) is 48.0 Å². The van der Waals surface area contributed by atoms with Crippen LogP contribution in [-0.2, 0) is 4.79 Å². The summed E-state index contributed by atoms with van der Waals surface area (Å²) in [5.74, 6) is 0.311. The fraction of sp³-hybridized carbons (Fsp3) is 0.364. The van der Waals surface area contributed by atoms with Crippen molar-refractivity contribution in [3.05, 3.63) is 56.5 Å². The fourth-order valence-corrected chi connectivity index (χ4v) is 4.98. The molecule has 2 aromatic carbocycles. The summed E-state index contributed by atoms with van der Waals surface area (Å²) in [6, 6.07) is 11.0. The largest absolute Gasteiger partial charge is 0.482 e. The third-order valence-corrected chi connectivity index (χ3v) is 5.96. The molecule has 2 N–H and O–H groups in total. The molecule has 7 heteroatoms. The minimum Gasteiger partial charge on any atom is -0.482 e. The lowest BCUT2D eigenvalue weighted by atomic mass is 9.95. The van der Waals surface area contributed by atoms with Crippen molar-refractivity contribution >= 4 is 49.4 Å². The number of hydrogen-bond acceptors (Lipinski definition) is 3. The van der Waals surface area contributed by atoms with Gasteiger partial charge in [-0.15, -0.1) is 0 Å². The van der Waals surface area contributed by atoms with Gasteiger partial charge in [0.1, 0.15) is 5.75 Å². The molecule has 1 aliphatic carbocycles. The van der Waals surface area contributed by atoms with E-state index < -0.39 is 0 Å². The zero-order valence-electron chi connectivity index (χ0n) is 16.3. The average Bonchev–Trinajstić information content (AvgIpc) is 2.68. The smallest absolute Gasteiger partial charge is 0.262 e. The third-order valence-electron chi connectivity index (χ3n) is 4.91. The number of benzene rings is 2. The van der Waals surface area contributed by atoms with Crippen molar-refractivity contribution in [2.24, 2.45) is 0 Å². The van der Waals surface area contributed by atoms with Crippen molar-refractivity contribution in [3.8, 4) is 5.75 Å². The number of hydrogen-bond donors (Lipinski definition) is 2. The molecule has 0 atom stereocenters. The molecule has 3 rings (SSSR count). The van der Waals surface area contributed by atoms with Gasteiger partial charge in [-0.25, -0.2) is 0 Å². The van der Waals surface area contributed by atoms with Crippen molar-refractivity contribution in [1.29, 1.82) is 0 Å². The number of nitrogens with one attached hydrogen (secondary N) is 2. The summed E-state index contributed by atoms with van der Waals surface area (Å²) in [6.07, 6.45) is 5.70. The molecule has 2 amide bonds. The van der Waals surface area contributed by atoms with Crippen LogP contribution in [-0.4, -0.2) is 24.5 Å². The van der Waals surface area contributed by atoms with Crippen molar-refractivity contribution < 1.29 is 14.3 Å². The van der Waals surface area contributed by atoms with Crippen LogP contribution >= 0.6 is 31.9 Å². The Labute approximate surface area is 187 Å². The third kappa shape index (κ3) is 6.31. The SMILES string of the molecule is Cc1cc(Br)cc(Br)c1OCC(=O)Nc1ccc(C(=O)NC2CCCCC2)cc1. The van der Waals surface area contributed by atoms with Crippen LogP contribution in [0.4, 0.5) is 5.69 Å². The van der Waals surface area contributed by atoms with Gasteiger partial charge >= 0.3 is 0 Å². The highest BCUT2D eigenvalue weighted by Crippen LogP contribution is 2.32. The number of carbonyl (C=O) groups excluding carboxylic acids is 2. The highest BCUT2D eigenvalue weighted by Gasteiger charge is 2.16. The number of carbonyl (C=O) groups is 2. The molecule has 29 heavy (non-hydrogen) atoms. The predicted molar refractivity (Wildman–Crippen MR) is 121 cm³/mol. The zero-order chi connectivity index (χ0) is 20.8. The molecule has 1 fully saturated rings. The predicted octanol–water partition coefficient (Wildman–Crippen LogP) is 5.60. The molecule has 2 aromatic rings. The number of amides is 2. The van der Waals surface area contributed by atoms with Gasteiger partial charge in [0.15, 0.2) is 6.61 Å². The molecule has 5 nitrogen and oxygen atoms in total. The Morgan fingerprint density at radius 2 is 1.76 bits per heavy atom. The number of halogens is 2. The monoisotopic (exact) mass is 522 g/mol. The summed E-state index contributed by atoms with van der Waals surface area (Å²) >= 11 is 6.87. The summed E-state index contributed by atoms with van der Waals surface area (Å²) in [4.78, 5) is 24.6. The van der Waals surface area contributed by atoms with Crippen LogP contribution in [0.3, 0.4) is 0 Å². The topological polar surface area (TPSA) is 67.4 Å². The second-order valence-corrected chi connectivity index (χ2v) is 9.03. The van der Waals surface area contributed by atoms with E-state index in [9.17, 15) is 9.59 Å². The molecular formula is C22H24Br2N2O3. The van der Waals surface area contributed by atoms with Gasteiger partial charge in [0.25, 0.3) is 11.8 Å². The van der Waals surface area contributed by atoms with E-state index in [1.54, 1.807) is 24.3 Å². The Kier molecular flexibility index (Phi) is 7.72. The van der Waals surface area contributed by atoms with Gasteiger partial charge in [-0.3, -0.25) is 9.59 Å². The lowest BCUT2D eigenvalue weighted by Gasteiger charge is -2.22. The molecule has 154 valence electrons. The van der Waals surface area contributed by atoms with Crippen molar-refractivity contribution in [1.82, 2.24) is 5.32 Å². The van der Waals surface area contributed by atoms with Crippen LogP contribution in [0.5, 0.6) is 5.75 Å². The van der Waals surface area contributed by atoms with Gasteiger partial charge < -0.3 is 15.4 Å². The first kappa shape index (κ1) is 21.8. The molecule has 1 aliphatic rings. The Hall–Kier alpha value is -1.86. The summed E-state index contributed by atoms with van der Waals surface area (Å²) in [5.41, 5.74) is 2.14. The van der Waals surface area contributed by atoms with E-state index in [2.05, 4.69) is 42.5 Å². The van der Waals surface area contributed by atoms with Crippen LogP contribution in [0, 0.1) is 6.92 Å². The van der Waals surface area contributed by atoms with E-state index in [4.69, 9.17) is 4.74 Å². The van der Waals surface area contributed by atoms with Gasteiger partial charge in [-0.2, -0.15) is 0 Å². The Bertz CT molecular complexity index is 855. The van der Waals surface area contributed by atoms with Crippen LogP contribution in [0.25, 0.3) is 0 Å². The van der Waals surface area contributed by atoms with E-state index in [1.807, 2.05) is 19.1 Å². The molecule has 0 radical (unpaired) electrons. The van der Waals surface area contributed by atoms with Gasteiger partial charge in [0.2, 0.25) is 0 Å². The molecule has 0 aromatic heterocycles.